The van der Waals surface area contributed by atoms with Crippen LogP contribution in [0.4, 0.5) is 9.18 Å². The minimum absolute atomic E-state index is 0.0447. The van der Waals surface area contributed by atoms with Crippen molar-refractivity contribution in [3.8, 4) is 0 Å². The number of carbonyl (C=O) groups is 4. The van der Waals surface area contributed by atoms with Crippen molar-refractivity contribution < 1.29 is 28.3 Å². The number of esters is 1. The molecule has 1 aliphatic heterocycles. The number of urea groups is 1. The van der Waals surface area contributed by atoms with E-state index in [9.17, 15) is 23.6 Å². The van der Waals surface area contributed by atoms with Crippen LogP contribution in [-0.2, 0) is 25.7 Å². The van der Waals surface area contributed by atoms with Gasteiger partial charge < -0.3 is 15.0 Å². The summed E-state index contributed by atoms with van der Waals surface area (Å²) < 4.78 is 18.1. The Morgan fingerprint density at radius 3 is 2.62 bits per heavy atom. The van der Waals surface area contributed by atoms with Crippen LogP contribution in [0.1, 0.15) is 5.56 Å². The minimum Gasteiger partial charge on any atom is -0.454 e. The first-order valence-electron chi connectivity index (χ1n) is 7.09. The third-order valence-electron chi connectivity index (χ3n) is 3.32. The van der Waals surface area contributed by atoms with Crippen LogP contribution in [0.2, 0.25) is 0 Å². The second kappa shape index (κ2) is 7.53. The van der Waals surface area contributed by atoms with E-state index < -0.39 is 42.8 Å². The zero-order valence-electron chi connectivity index (χ0n) is 13.0. The van der Waals surface area contributed by atoms with E-state index in [0.29, 0.717) is 5.56 Å². The van der Waals surface area contributed by atoms with E-state index in [4.69, 9.17) is 4.74 Å². The summed E-state index contributed by atoms with van der Waals surface area (Å²) in [5, 5.41) is 2.40. The Labute approximate surface area is 137 Å². The average molecular weight is 337 g/mol. The van der Waals surface area contributed by atoms with Crippen LogP contribution in [-0.4, -0.2) is 60.4 Å². The third kappa shape index (κ3) is 4.28. The summed E-state index contributed by atoms with van der Waals surface area (Å²) in [6.07, 6.45) is 0. The molecule has 0 unspecified atom stereocenters. The fourth-order valence-electron chi connectivity index (χ4n) is 2.03. The summed E-state index contributed by atoms with van der Waals surface area (Å²) in [5.41, 5.74) is 0.300. The number of amides is 4. The molecular formula is C15H16FN3O5. The van der Waals surface area contributed by atoms with Gasteiger partial charge in [-0.05, 0) is 6.07 Å². The van der Waals surface area contributed by atoms with Gasteiger partial charge in [0.1, 0.15) is 18.9 Å². The summed E-state index contributed by atoms with van der Waals surface area (Å²) >= 11 is 0. The second-order valence-electron chi connectivity index (χ2n) is 5.15. The molecular weight excluding hydrogens is 321 g/mol. The molecule has 0 saturated carbocycles. The molecule has 4 amide bonds. The molecule has 1 aliphatic rings. The molecule has 1 aromatic carbocycles. The normalized spacial score (nSPS) is 14.1. The van der Waals surface area contributed by atoms with Gasteiger partial charge in [-0.2, -0.15) is 0 Å². The van der Waals surface area contributed by atoms with E-state index in [1.165, 1.54) is 25.2 Å². The summed E-state index contributed by atoms with van der Waals surface area (Å²) in [6, 6.07) is 5.35. The first-order chi connectivity index (χ1) is 11.4. The first-order valence-corrected chi connectivity index (χ1v) is 7.09. The summed E-state index contributed by atoms with van der Waals surface area (Å²) in [6.45, 7) is -1.28. The minimum atomic E-state index is -0.881. The van der Waals surface area contributed by atoms with Gasteiger partial charge in [0.2, 0.25) is 0 Å². The van der Waals surface area contributed by atoms with Crippen molar-refractivity contribution in [1.29, 1.82) is 0 Å². The maximum absolute atomic E-state index is 13.4. The maximum atomic E-state index is 13.4. The molecule has 1 fully saturated rings. The van der Waals surface area contributed by atoms with Gasteiger partial charge in [0.25, 0.3) is 11.8 Å². The molecule has 1 aromatic rings. The molecule has 0 spiro atoms. The van der Waals surface area contributed by atoms with Gasteiger partial charge in [0.05, 0.1) is 0 Å². The maximum Gasteiger partial charge on any atom is 0.327 e. The number of halogens is 1. The molecule has 24 heavy (non-hydrogen) atoms. The van der Waals surface area contributed by atoms with Crippen molar-refractivity contribution in [1.82, 2.24) is 15.1 Å². The van der Waals surface area contributed by atoms with Crippen LogP contribution in [0, 0.1) is 5.82 Å². The summed E-state index contributed by atoms with van der Waals surface area (Å²) in [5.74, 6) is -2.47. The van der Waals surface area contributed by atoms with Crippen molar-refractivity contribution >= 4 is 23.8 Å². The smallest absolute Gasteiger partial charge is 0.327 e. The van der Waals surface area contributed by atoms with Crippen LogP contribution >= 0.6 is 0 Å². The Balaban J connectivity index is 1.74. The third-order valence-corrected chi connectivity index (χ3v) is 3.32. The SMILES string of the molecule is CN1CC(=O)N(CC(=O)OCC(=O)NCc2ccccc2F)C1=O. The number of hydrogen-bond acceptors (Lipinski definition) is 5. The van der Waals surface area contributed by atoms with Gasteiger partial charge in [-0.15, -0.1) is 0 Å². The molecule has 2 rings (SSSR count). The lowest BCUT2D eigenvalue weighted by atomic mass is 10.2. The zero-order chi connectivity index (χ0) is 17.7. The van der Waals surface area contributed by atoms with E-state index in [0.717, 1.165) is 9.80 Å². The zero-order valence-corrected chi connectivity index (χ0v) is 13.0. The number of nitrogens with one attached hydrogen (secondary N) is 1. The number of carbonyl (C=O) groups excluding carboxylic acids is 4. The van der Waals surface area contributed by atoms with E-state index in [2.05, 4.69) is 5.32 Å². The number of benzene rings is 1. The number of likely N-dealkylation sites (N-methyl/N-ethyl adjacent to an activating group) is 1. The molecule has 0 aromatic heterocycles. The van der Waals surface area contributed by atoms with Gasteiger partial charge in [-0.25, -0.2) is 9.18 Å². The second-order valence-corrected chi connectivity index (χ2v) is 5.15. The van der Waals surface area contributed by atoms with Gasteiger partial charge in [-0.3, -0.25) is 19.3 Å². The fraction of sp³-hybridized carbons (Fsp3) is 0.333. The Bertz CT molecular complexity index is 679. The van der Waals surface area contributed by atoms with E-state index in [1.807, 2.05) is 0 Å². The van der Waals surface area contributed by atoms with Gasteiger partial charge >= 0.3 is 12.0 Å². The number of rotatable bonds is 6. The Kier molecular flexibility index (Phi) is 5.46. The van der Waals surface area contributed by atoms with Gasteiger partial charge in [0.15, 0.2) is 6.61 Å². The van der Waals surface area contributed by atoms with Crippen LogP contribution in [0.3, 0.4) is 0 Å². The molecule has 8 nitrogen and oxygen atoms in total. The predicted molar refractivity (Wildman–Crippen MR) is 78.9 cm³/mol. The van der Waals surface area contributed by atoms with Crippen molar-refractivity contribution in [2.75, 3.05) is 26.7 Å². The highest BCUT2D eigenvalue weighted by atomic mass is 19.1. The van der Waals surface area contributed by atoms with Crippen LogP contribution in [0.15, 0.2) is 24.3 Å². The highest BCUT2D eigenvalue weighted by molar-refractivity contribution is 6.04. The number of ether oxygens (including phenoxy) is 1. The Morgan fingerprint density at radius 2 is 2.00 bits per heavy atom. The molecule has 1 N–H and O–H groups in total. The predicted octanol–water partition coefficient (Wildman–Crippen LogP) is -0.121. The Morgan fingerprint density at radius 1 is 1.29 bits per heavy atom. The molecule has 1 saturated heterocycles. The fourth-order valence-corrected chi connectivity index (χ4v) is 2.03. The lowest BCUT2D eigenvalue weighted by Crippen LogP contribution is -2.38. The first kappa shape index (κ1) is 17.4. The lowest BCUT2D eigenvalue weighted by molar-refractivity contribution is -0.150. The van der Waals surface area contributed by atoms with Crippen LogP contribution in [0.25, 0.3) is 0 Å². The molecule has 9 heteroatoms. The topological polar surface area (TPSA) is 96.0 Å². The number of imide groups is 1. The highest BCUT2D eigenvalue weighted by Crippen LogP contribution is 2.07. The molecule has 0 atom stereocenters. The highest BCUT2D eigenvalue weighted by Gasteiger charge is 2.35. The summed E-state index contributed by atoms with van der Waals surface area (Å²) in [7, 11) is 1.43. The van der Waals surface area contributed by atoms with Crippen molar-refractivity contribution in [3.63, 3.8) is 0 Å². The summed E-state index contributed by atoms with van der Waals surface area (Å²) in [4.78, 5) is 48.2. The Hall–Kier alpha value is -2.97. The van der Waals surface area contributed by atoms with E-state index in [1.54, 1.807) is 6.07 Å². The van der Waals surface area contributed by atoms with E-state index >= 15 is 0 Å². The monoisotopic (exact) mass is 337 g/mol. The van der Waals surface area contributed by atoms with Crippen LogP contribution in [0.5, 0.6) is 0 Å². The quantitative estimate of drug-likeness (QED) is 0.577. The standard InChI is InChI=1S/C15H16FN3O5/c1-18-7-13(21)19(15(18)23)8-14(22)24-9-12(20)17-6-10-4-2-3-5-11(10)16/h2-5H,6-9H2,1H3,(H,17,20). The van der Waals surface area contributed by atoms with Gasteiger partial charge in [0, 0.05) is 19.2 Å². The molecule has 0 aliphatic carbocycles. The number of hydrogen-bond donors (Lipinski definition) is 1. The van der Waals surface area contributed by atoms with Crippen molar-refractivity contribution in [2.45, 2.75) is 6.54 Å². The average Bonchev–Trinajstić information content (AvgIpc) is 2.78. The van der Waals surface area contributed by atoms with E-state index in [-0.39, 0.29) is 13.1 Å². The number of nitrogens with zero attached hydrogens (tertiary/aromatic N) is 2. The van der Waals surface area contributed by atoms with Crippen LogP contribution < -0.4 is 5.32 Å². The molecule has 0 radical (unpaired) electrons. The van der Waals surface area contributed by atoms with Crippen molar-refractivity contribution in [2.24, 2.45) is 0 Å². The largest absolute Gasteiger partial charge is 0.454 e. The van der Waals surface area contributed by atoms with Crippen molar-refractivity contribution in [3.05, 3.63) is 35.6 Å². The van der Waals surface area contributed by atoms with Gasteiger partial charge in [-0.1, -0.05) is 18.2 Å². The molecule has 0 bridgehead atoms. The molecule has 1 heterocycles. The molecule has 128 valence electrons. The lowest BCUT2D eigenvalue weighted by Gasteiger charge is -2.13.